The van der Waals surface area contributed by atoms with Gasteiger partial charge >= 0.3 is 0 Å². The van der Waals surface area contributed by atoms with Crippen LogP contribution < -0.4 is 0 Å². The Morgan fingerprint density at radius 2 is 1.17 bits per heavy atom. The van der Waals surface area contributed by atoms with Crippen LogP contribution in [0.3, 0.4) is 0 Å². The summed E-state index contributed by atoms with van der Waals surface area (Å²) in [5.74, 6) is -1.44. The number of aryl methyl sites for hydroxylation is 2. The molecule has 0 atom stereocenters. The van der Waals surface area contributed by atoms with E-state index < -0.39 is 11.8 Å². The molecular formula is C40H40N2O6. The zero-order chi connectivity index (χ0) is 33.5. The van der Waals surface area contributed by atoms with Gasteiger partial charge in [0.1, 0.15) is 0 Å². The Balaban J connectivity index is 1.27. The molecule has 0 saturated carbocycles. The second-order valence-corrected chi connectivity index (χ2v) is 14.1. The normalized spacial score (nSPS) is 17.2. The summed E-state index contributed by atoms with van der Waals surface area (Å²) >= 11 is 0. The monoisotopic (exact) mass is 644 g/mol. The lowest BCUT2D eigenvalue weighted by Gasteiger charge is -2.41. The van der Waals surface area contributed by atoms with Crippen LogP contribution in [-0.4, -0.2) is 60.0 Å². The molecule has 0 N–H and O–H groups in total. The van der Waals surface area contributed by atoms with E-state index in [0.29, 0.717) is 52.8 Å². The first-order valence-electron chi connectivity index (χ1n) is 17.4. The largest absolute Gasteiger partial charge is 0.380 e. The molecule has 8 nitrogen and oxygen atoms in total. The lowest BCUT2D eigenvalue weighted by Crippen LogP contribution is -2.49. The van der Waals surface area contributed by atoms with Crippen molar-refractivity contribution in [1.82, 2.24) is 9.96 Å². The van der Waals surface area contributed by atoms with Gasteiger partial charge in [0.15, 0.2) is 0 Å². The highest BCUT2D eigenvalue weighted by molar-refractivity contribution is 6.42. The first kappa shape index (κ1) is 30.9. The third-order valence-electron chi connectivity index (χ3n) is 11.1. The summed E-state index contributed by atoms with van der Waals surface area (Å²) in [6.45, 7) is 9.93. The van der Waals surface area contributed by atoms with Crippen LogP contribution in [0, 0.1) is 19.3 Å². The van der Waals surface area contributed by atoms with Crippen LogP contribution in [0.2, 0.25) is 0 Å². The molecule has 3 heterocycles. The summed E-state index contributed by atoms with van der Waals surface area (Å²) in [6, 6.07) is 11.3. The Hall–Kier alpha value is -4.40. The maximum absolute atomic E-state index is 14.0. The molecule has 8 heteroatoms. The van der Waals surface area contributed by atoms with E-state index in [1.54, 1.807) is 6.07 Å². The van der Waals surface area contributed by atoms with Gasteiger partial charge < -0.3 is 4.74 Å². The van der Waals surface area contributed by atoms with E-state index in [-0.39, 0.29) is 23.8 Å². The van der Waals surface area contributed by atoms with Crippen LogP contribution in [0.1, 0.15) is 111 Å². The number of hydrogen-bond acceptors (Lipinski definition) is 6. The molecule has 4 amide bonds. The van der Waals surface area contributed by atoms with E-state index in [9.17, 15) is 19.2 Å². The maximum Gasteiger partial charge on any atom is 0.285 e. The summed E-state index contributed by atoms with van der Waals surface area (Å²) in [5, 5.41) is 7.61. The predicted molar refractivity (Wildman–Crippen MR) is 186 cm³/mol. The molecule has 0 spiro atoms. The van der Waals surface area contributed by atoms with Crippen molar-refractivity contribution in [3.63, 3.8) is 0 Å². The van der Waals surface area contributed by atoms with Gasteiger partial charge in [-0.2, -0.15) is 0 Å². The fourth-order valence-electron chi connectivity index (χ4n) is 8.25. The number of hydroxylamine groups is 2. The molecule has 8 rings (SSSR count). The number of hydrogen-bond donors (Lipinski definition) is 0. The number of carbonyl (C=O) groups is 4. The highest BCUT2D eigenvalue weighted by Crippen LogP contribution is 2.48. The van der Waals surface area contributed by atoms with E-state index in [0.717, 1.165) is 74.2 Å². The summed E-state index contributed by atoms with van der Waals surface area (Å²) in [4.78, 5) is 63.1. The van der Waals surface area contributed by atoms with Crippen molar-refractivity contribution in [2.24, 2.45) is 5.41 Å². The topological polar surface area (TPSA) is 93.2 Å². The molecule has 246 valence electrons. The molecule has 0 unspecified atom stereocenters. The molecule has 1 saturated heterocycles. The number of fused-ring (bicyclic) bond motifs is 2. The number of carbonyl (C=O) groups excluding carboxylic acids is 4. The lowest BCUT2D eigenvalue weighted by molar-refractivity contribution is -0.195. The highest BCUT2D eigenvalue weighted by atomic mass is 16.7. The number of unbranched alkanes of at least 4 members (excludes halogenated alkanes) is 5. The Bertz CT molecular complexity index is 2210. The first-order chi connectivity index (χ1) is 23.2. The third-order valence-corrected chi connectivity index (χ3v) is 11.1. The van der Waals surface area contributed by atoms with E-state index in [1.165, 1.54) is 24.2 Å². The highest BCUT2D eigenvalue weighted by Gasteiger charge is 2.42. The SMILES string of the molecule is CCCCCCCCN1C(=O)c2ccc3c4c(C)cc5c6c(ccc(c7c(C)cc(c2c37)C1=O)c64)C(=O)N(OCC1(CC)COC1)C5=O. The average molecular weight is 645 g/mol. The van der Waals surface area contributed by atoms with Gasteiger partial charge in [0.25, 0.3) is 23.6 Å². The van der Waals surface area contributed by atoms with E-state index >= 15 is 0 Å². The minimum Gasteiger partial charge on any atom is -0.380 e. The van der Waals surface area contributed by atoms with E-state index in [4.69, 9.17) is 9.57 Å². The van der Waals surface area contributed by atoms with Crippen LogP contribution in [0.15, 0.2) is 36.4 Å². The maximum atomic E-state index is 14.0. The van der Waals surface area contributed by atoms with Crippen LogP contribution in [-0.2, 0) is 9.57 Å². The molecule has 5 aromatic rings. The van der Waals surface area contributed by atoms with Gasteiger partial charge in [-0.05, 0) is 94.4 Å². The van der Waals surface area contributed by atoms with Crippen molar-refractivity contribution >= 4 is 66.7 Å². The molecule has 3 aliphatic heterocycles. The van der Waals surface area contributed by atoms with Gasteiger partial charge in [0, 0.05) is 33.9 Å². The zero-order valence-electron chi connectivity index (χ0n) is 28.1. The van der Waals surface area contributed by atoms with Gasteiger partial charge in [0.05, 0.1) is 30.9 Å². The molecule has 5 aromatic carbocycles. The second-order valence-electron chi connectivity index (χ2n) is 14.1. The van der Waals surface area contributed by atoms with Crippen molar-refractivity contribution in [2.75, 3.05) is 26.4 Å². The molecule has 1 fully saturated rings. The van der Waals surface area contributed by atoms with Crippen molar-refractivity contribution < 1.29 is 28.8 Å². The van der Waals surface area contributed by atoms with Crippen molar-refractivity contribution in [3.05, 3.63) is 69.8 Å². The Morgan fingerprint density at radius 3 is 1.73 bits per heavy atom. The fourth-order valence-corrected chi connectivity index (χ4v) is 8.25. The van der Waals surface area contributed by atoms with Gasteiger partial charge in [-0.15, -0.1) is 5.06 Å². The van der Waals surface area contributed by atoms with Gasteiger partial charge in [-0.1, -0.05) is 58.1 Å². The minimum atomic E-state index is -0.477. The summed E-state index contributed by atoms with van der Waals surface area (Å²) in [5.41, 5.74) is 3.53. The van der Waals surface area contributed by atoms with Crippen LogP contribution in [0.5, 0.6) is 0 Å². The molecule has 0 bridgehead atoms. The molecule has 3 aliphatic rings. The first-order valence-corrected chi connectivity index (χ1v) is 17.4. The zero-order valence-corrected chi connectivity index (χ0v) is 28.1. The lowest BCUT2D eigenvalue weighted by atomic mass is 9.80. The second kappa shape index (κ2) is 11.3. The minimum absolute atomic E-state index is 0.200. The van der Waals surface area contributed by atoms with E-state index in [1.807, 2.05) is 44.2 Å². The average Bonchev–Trinajstić information content (AvgIpc) is 3.06. The smallest absolute Gasteiger partial charge is 0.285 e. The third kappa shape index (κ3) is 4.28. The van der Waals surface area contributed by atoms with Crippen molar-refractivity contribution in [3.8, 4) is 0 Å². The Morgan fingerprint density at radius 1 is 0.646 bits per heavy atom. The fraction of sp³-hybridized carbons (Fsp3) is 0.400. The number of rotatable bonds is 11. The van der Waals surface area contributed by atoms with Crippen LogP contribution in [0.4, 0.5) is 0 Å². The van der Waals surface area contributed by atoms with Gasteiger partial charge in [-0.3, -0.25) is 28.9 Å². The summed E-state index contributed by atoms with van der Waals surface area (Å²) in [6.07, 6.45) is 7.26. The van der Waals surface area contributed by atoms with Crippen molar-refractivity contribution in [2.45, 2.75) is 72.6 Å². The molecule has 0 radical (unpaired) electrons. The molecule has 48 heavy (non-hydrogen) atoms. The number of benzene rings is 5. The number of imide groups is 2. The van der Waals surface area contributed by atoms with E-state index in [2.05, 4.69) is 13.8 Å². The van der Waals surface area contributed by atoms with Crippen LogP contribution in [0.25, 0.3) is 43.1 Å². The Kier molecular flexibility index (Phi) is 7.31. The summed E-state index contributed by atoms with van der Waals surface area (Å²) < 4.78 is 5.41. The van der Waals surface area contributed by atoms with Crippen molar-refractivity contribution in [1.29, 1.82) is 0 Å². The quantitative estimate of drug-likeness (QED) is 0.0622. The number of amides is 4. The number of nitrogens with zero attached hydrogens (tertiary/aromatic N) is 2. The summed E-state index contributed by atoms with van der Waals surface area (Å²) in [7, 11) is 0. The standard InChI is InChI=1S/C40H40N2O6/c1-5-7-8-9-10-11-16-41-36(43)26-14-12-24-31-23(4)18-29-33-27(38(45)42(39(29)46)48-21-40(6-2)19-47-20-40)15-13-25(35(31)33)30-22(3)17-28(37(41)44)32(26)34(24)30/h12-15,17-18H,5-11,16,19-21H2,1-4H3. The van der Waals surface area contributed by atoms with Crippen LogP contribution >= 0.6 is 0 Å². The van der Waals surface area contributed by atoms with Gasteiger partial charge in [-0.25, -0.2) is 0 Å². The Labute approximate surface area is 279 Å². The molecule has 0 aromatic heterocycles. The molecule has 0 aliphatic carbocycles. The molecular weight excluding hydrogens is 604 g/mol. The predicted octanol–water partition coefficient (Wildman–Crippen LogP) is 8.26. The van der Waals surface area contributed by atoms with Gasteiger partial charge in [0.2, 0.25) is 0 Å². The number of ether oxygens (including phenoxy) is 1.